The molecule has 0 radical (unpaired) electrons. The van der Waals surface area contributed by atoms with Crippen LogP contribution in [0.2, 0.25) is 0 Å². The lowest BCUT2D eigenvalue weighted by molar-refractivity contribution is -0.120. The van der Waals surface area contributed by atoms with Crippen LogP contribution >= 0.6 is 0 Å². The van der Waals surface area contributed by atoms with Crippen molar-refractivity contribution < 1.29 is 9.59 Å². The summed E-state index contributed by atoms with van der Waals surface area (Å²) in [5.74, 6) is -0.131. The number of likely N-dealkylation sites (tertiary alicyclic amines) is 1. The Bertz CT molecular complexity index is 236. The number of hydrogen-bond donors (Lipinski definition) is 3. The summed E-state index contributed by atoms with van der Waals surface area (Å²) in [6.45, 7) is 1.38. The molecule has 1 saturated heterocycles. The molecule has 3 amide bonds. The first-order valence-electron chi connectivity index (χ1n) is 5.13. The van der Waals surface area contributed by atoms with Crippen molar-refractivity contribution >= 4 is 11.9 Å². The van der Waals surface area contributed by atoms with Gasteiger partial charge in [0.15, 0.2) is 0 Å². The second kappa shape index (κ2) is 5.55. The number of urea groups is 1. The fourth-order valence-corrected chi connectivity index (χ4v) is 1.67. The first-order chi connectivity index (χ1) is 7.17. The van der Waals surface area contributed by atoms with Crippen molar-refractivity contribution in [1.82, 2.24) is 15.5 Å². The van der Waals surface area contributed by atoms with Crippen LogP contribution in [0, 0.1) is 0 Å². The molecule has 0 saturated carbocycles. The van der Waals surface area contributed by atoms with Gasteiger partial charge in [-0.05, 0) is 12.8 Å². The molecule has 4 N–H and O–H groups in total. The molecule has 0 aromatic heterocycles. The van der Waals surface area contributed by atoms with Gasteiger partial charge in [0, 0.05) is 26.2 Å². The number of nitrogens with zero attached hydrogens (tertiary/aromatic N) is 1. The van der Waals surface area contributed by atoms with Gasteiger partial charge in [0.05, 0.1) is 6.54 Å². The van der Waals surface area contributed by atoms with E-state index >= 15 is 0 Å². The van der Waals surface area contributed by atoms with Crippen LogP contribution in [-0.4, -0.2) is 49.6 Å². The SMILES string of the molecule is CNC(=O)N1CCC(NC(=O)CN)CC1. The Labute approximate surface area is 89.2 Å². The van der Waals surface area contributed by atoms with Gasteiger partial charge in [-0.1, -0.05) is 0 Å². The molecule has 0 spiro atoms. The molecule has 0 aromatic rings. The smallest absolute Gasteiger partial charge is 0.317 e. The maximum Gasteiger partial charge on any atom is 0.317 e. The topological polar surface area (TPSA) is 87.5 Å². The van der Waals surface area contributed by atoms with Gasteiger partial charge in [0.1, 0.15) is 0 Å². The van der Waals surface area contributed by atoms with Crippen LogP contribution < -0.4 is 16.4 Å². The van der Waals surface area contributed by atoms with Crippen LogP contribution in [0.4, 0.5) is 4.79 Å². The highest BCUT2D eigenvalue weighted by atomic mass is 16.2. The summed E-state index contributed by atoms with van der Waals surface area (Å²) in [6.07, 6.45) is 1.58. The third kappa shape index (κ3) is 3.39. The van der Waals surface area contributed by atoms with Crippen LogP contribution in [0.15, 0.2) is 0 Å². The zero-order chi connectivity index (χ0) is 11.3. The van der Waals surface area contributed by atoms with Crippen molar-refractivity contribution in [1.29, 1.82) is 0 Å². The fraction of sp³-hybridized carbons (Fsp3) is 0.778. The number of rotatable bonds is 2. The first kappa shape index (κ1) is 11.8. The van der Waals surface area contributed by atoms with E-state index < -0.39 is 0 Å². The Kier molecular flexibility index (Phi) is 4.36. The average molecular weight is 214 g/mol. The Hall–Kier alpha value is -1.30. The van der Waals surface area contributed by atoms with E-state index in [2.05, 4.69) is 10.6 Å². The van der Waals surface area contributed by atoms with Gasteiger partial charge in [-0.3, -0.25) is 4.79 Å². The van der Waals surface area contributed by atoms with E-state index in [4.69, 9.17) is 5.73 Å². The second-order valence-electron chi connectivity index (χ2n) is 3.59. The number of carbonyl (C=O) groups excluding carboxylic acids is 2. The zero-order valence-corrected chi connectivity index (χ0v) is 8.95. The number of nitrogens with two attached hydrogens (primary N) is 1. The highest BCUT2D eigenvalue weighted by molar-refractivity contribution is 5.78. The van der Waals surface area contributed by atoms with E-state index in [-0.39, 0.29) is 24.5 Å². The van der Waals surface area contributed by atoms with Gasteiger partial charge in [0.2, 0.25) is 5.91 Å². The molecule has 0 aliphatic carbocycles. The van der Waals surface area contributed by atoms with Gasteiger partial charge >= 0.3 is 6.03 Å². The predicted molar refractivity (Wildman–Crippen MR) is 56.2 cm³/mol. The third-order valence-electron chi connectivity index (χ3n) is 2.55. The van der Waals surface area contributed by atoms with E-state index in [0.717, 1.165) is 12.8 Å². The van der Waals surface area contributed by atoms with Crippen molar-refractivity contribution in [2.24, 2.45) is 5.73 Å². The molecule has 1 aliphatic heterocycles. The summed E-state index contributed by atoms with van der Waals surface area (Å²) in [7, 11) is 1.62. The molecule has 6 nitrogen and oxygen atoms in total. The van der Waals surface area contributed by atoms with Crippen LogP contribution in [0.1, 0.15) is 12.8 Å². The second-order valence-corrected chi connectivity index (χ2v) is 3.59. The number of hydrogen-bond acceptors (Lipinski definition) is 3. The van der Waals surface area contributed by atoms with E-state index in [1.807, 2.05) is 0 Å². The molecule has 0 bridgehead atoms. The summed E-state index contributed by atoms with van der Waals surface area (Å²) < 4.78 is 0. The normalized spacial score (nSPS) is 17.3. The summed E-state index contributed by atoms with van der Waals surface area (Å²) in [5, 5.41) is 5.40. The molecule has 0 aromatic carbocycles. The maximum absolute atomic E-state index is 11.3. The first-order valence-corrected chi connectivity index (χ1v) is 5.13. The van der Waals surface area contributed by atoms with Crippen molar-refractivity contribution in [3.63, 3.8) is 0 Å². The minimum atomic E-state index is -0.131. The van der Waals surface area contributed by atoms with Gasteiger partial charge in [-0.15, -0.1) is 0 Å². The maximum atomic E-state index is 11.3. The predicted octanol–water partition coefficient (Wildman–Crippen LogP) is -1.13. The van der Waals surface area contributed by atoms with Gasteiger partial charge in [-0.2, -0.15) is 0 Å². The minimum absolute atomic E-state index is 0.0235. The molecule has 15 heavy (non-hydrogen) atoms. The lowest BCUT2D eigenvalue weighted by atomic mass is 10.1. The molecule has 1 heterocycles. The van der Waals surface area contributed by atoms with Crippen LogP contribution in [-0.2, 0) is 4.79 Å². The number of carbonyl (C=O) groups is 2. The number of piperidine rings is 1. The van der Waals surface area contributed by atoms with Crippen molar-refractivity contribution in [3.8, 4) is 0 Å². The number of amides is 3. The minimum Gasteiger partial charge on any atom is -0.352 e. The summed E-state index contributed by atoms with van der Waals surface area (Å²) in [5.41, 5.74) is 5.20. The van der Waals surface area contributed by atoms with E-state index in [0.29, 0.717) is 13.1 Å². The van der Waals surface area contributed by atoms with E-state index in [9.17, 15) is 9.59 Å². The Morgan fingerprint density at radius 1 is 1.40 bits per heavy atom. The molecule has 0 atom stereocenters. The van der Waals surface area contributed by atoms with Gasteiger partial charge in [0.25, 0.3) is 0 Å². The highest BCUT2D eigenvalue weighted by Gasteiger charge is 2.22. The Morgan fingerprint density at radius 3 is 2.47 bits per heavy atom. The number of nitrogens with one attached hydrogen (secondary N) is 2. The lowest BCUT2D eigenvalue weighted by Gasteiger charge is -2.31. The average Bonchev–Trinajstić information content (AvgIpc) is 2.29. The standard InChI is InChI=1S/C9H18N4O2/c1-11-9(15)13-4-2-7(3-5-13)12-8(14)6-10/h7H,2-6,10H2,1H3,(H,11,15)(H,12,14). The summed E-state index contributed by atoms with van der Waals surface area (Å²) >= 11 is 0. The molecule has 6 heteroatoms. The van der Waals surface area contributed by atoms with Crippen molar-refractivity contribution in [2.75, 3.05) is 26.7 Å². The van der Waals surface area contributed by atoms with E-state index in [1.165, 1.54) is 0 Å². The molecular weight excluding hydrogens is 196 g/mol. The monoisotopic (exact) mass is 214 g/mol. The highest BCUT2D eigenvalue weighted by Crippen LogP contribution is 2.09. The Balaban J connectivity index is 2.29. The van der Waals surface area contributed by atoms with Gasteiger partial charge < -0.3 is 21.3 Å². The summed E-state index contributed by atoms with van der Waals surface area (Å²) in [6, 6.07) is 0.0977. The largest absolute Gasteiger partial charge is 0.352 e. The quantitative estimate of drug-likeness (QED) is 0.543. The van der Waals surface area contributed by atoms with E-state index in [1.54, 1.807) is 11.9 Å². The molecule has 0 unspecified atom stereocenters. The third-order valence-corrected chi connectivity index (χ3v) is 2.55. The van der Waals surface area contributed by atoms with Crippen LogP contribution in [0.3, 0.4) is 0 Å². The molecule has 1 rings (SSSR count). The fourth-order valence-electron chi connectivity index (χ4n) is 1.67. The Morgan fingerprint density at radius 2 is 2.00 bits per heavy atom. The molecule has 1 fully saturated rings. The molecular formula is C9H18N4O2. The van der Waals surface area contributed by atoms with Gasteiger partial charge in [-0.25, -0.2) is 4.79 Å². The van der Waals surface area contributed by atoms with Crippen LogP contribution in [0.5, 0.6) is 0 Å². The van der Waals surface area contributed by atoms with Crippen molar-refractivity contribution in [2.45, 2.75) is 18.9 Å². The lowest BCUT2D eigenvalue weighted by Crippen LogP contribution is -2.49. The molecule has 1 aliphatic rings. The molecule has 86 valence electrons. The summed E-state index contributed by atoms with van der Waals surface area (Å²) in [4.78, 5) is 24.0. The van der Waals surface area contributed by atoms with Crippen LogP contribution in [0.25, 0.3) is 0 Å². The van der Waals surface area contributed by atoms with Crippen molar-refractivity contribution in [3.05, 3.63) is 0 Å². The zero-order valence-electron chi connectivity index (χ0n) is 8.95.